The van der Waals surface area contributed by atoms with Crippen LogP contribution >= 0.6 is 0 Å². The Morgan fingerprint density at radius 1 is 1.29 bits per heavy atom. The zero-order valence-electron chi connectivity index (χ0n) is 12.3. The number of aryl methyl sites for hydroxylation is 1. The van der Waals surface area contributed by atoms with Crippen molar-refractivity contribution in [1.29, 1.82) is 0 Å². The zero-order valence-corrected chi connectivity index (χ0v) is 12.3. The Bertz CT molecular complexity index is 617. The third-order valence-electron chi connectivity index (χ3n) is 4.85. The van der Waals surface area contributed by atoms with Crippen molar-refractivity contribution in [2.75, 3.05) is 26.2 Å². The Morgan fingerprint density at radius 3 is 2.71 bits per heavy atom. The van der Waals surface area contributed by atoms with Crippen LogP contribution in [-0.4, -0.2) is 46.3 Å². The van der Waals surface area contributed by atoms with Gasteiger partial charge in [0.15, 0.2) is 5.82 Å². The van der Waals surface area contributed by atoms with Gasteiger partial charge in [-0.25, -0.2) is 4.98 Å². The lowest BCUT2D eigenvalue weighted by Crippen LogP contribution is -2.57. The topological polar surface area (TPSA) is 56.8 Å². The van der Waals surface area contributed by atoms with Gasteiger partial charge in [-0.05, 0) is 12.5 Å². The molecule has 110 valence electrons. The van der Waals surface area contributed by atoms with Gasteiger partial charge in [-0.15, -0.1) is 0 Å². The zero-order chi connectivity index (χ0) is 14.3. The molecule has 0 bridgehead atoms. The molecular weight excluding hydrogens is 262 g/mol. The van der Waals surface area contributed by atoms with Crippen molar-refractivity contribution in [3.05, 3.63) is 47.5 Å². The molecule has 2 saturated heterocycles. The monoisotopic (exact) mass is 283 g/mol. The van der Waals surface area contributed by atoms with Crippen molar-refractivity contribution in [1.82, 2.24) is 25.4 Å². The molecule has 1 spiro atoms. The van der Waals surface area contributed by atoms with Crippen molar-refractivity contribution in [3.8, 4) is 0 Å². The average Bonchev–Trinajstić information content (AvgIpc) is 3.03. The summed E-state index contributed by atoms with van der Waals surface area (Å²) in [6, 6.07) is 10.7. The summed E-state index contributed by atoms with van der Waals surface area (Å²) in [5.41, 5.74) is 1.70. The number of hydrogen-bond donors (Lipinski definition) is 2. The van der Waals surface area contributed by atoms with Crippen molar-refractivity contribution >= 4 is 0 Å². The summed E-state index contributed by atoms with van der Waals surface area (Å²) < 4.78 is 0. The van der Waals surface area contributed by atoms with Gasteiger partial charge in [0.05, 0.1) is 0 Å². The van der Waals surface area contributed by atoms with Crippen molar-refractivity contribution in [2.45, 2.75) is 19.4 Å². The molecule has 2 aromatic rings. The standard InChI is InChI=1S/C16H21N5/c1-12-18-15(20-19-12)14-8-21(11-16(14)9-17-10-16)7-13-5-3-2-4-6-13/h2-6,14,17H,7-11H2,1H3,(H,18,19,20). The number of aromatic amines is 1. The molecule has 1 atom stereocenters. The Morgan fingerprint density at radius 2 is 2.10 bits per heavy atom. The molecule has 2 aliphatic heterocycles. The maximum atomic E-state index is 4.59. The van der Waals surface area contributed by atoms with Crippen molar-refractivity contribution in [2.24, 2.45) is 5.41 Å². The maximum absolute atomic E-state index is 4.59. The van der Waals surface area contributed by atoms with Gasteiger partial charge in [0.1, 0.15) is 5.82 Å². The minimum atomic E-state index is 0.323. The van der Waals surface area contributed by atoms with Gasteiger partial charge in [-0.2, -0.15) is 5.10 Å². The van der Waals surface area contributed by atoms with Gasteiger partial charge >= 0.3 is 0 Å². The summed E-state index contributed by atoms with van der Waals surface area (Å²) in [5, 5.41) is 10.9. The summed E-state index contributed by atoms with van der Waals surface area (Å²) in [7, 11) is 0. The van der Waals surface area contributed by atoms with Crippen LogP contribution in [0.1, 0.15) is 23.1 Å². The van der Waals surface area contributed by atoms with Crippen LogP contribution in [0.15, 0.2) is 30.3 Å². The molecule has 0 amide bonds. The molecule has 2 aliphatic rings. The molecular formula is C16H21N5. The summed E-state index contributed by atoms with van der Waals surface area (Å²) in [6.07, 6.45) is 0. The molecule has 5 heteroatoms. The second kappa shape index (κ2) is 4.93. The van der Waals surface area contributed by atoms with E-state index in [1.165, 1.54) is 5.56 Å². The molecule has 1 aromatic carbocycles. The highest BCUT2D eigenvalue weighted by Gasteiger charge is 2.52. The van der Waals surface area contributed by atoms with Gasteiger partial charge < -0.3 is 5.32 Å². The van der Waals surface area contributed by atoms with Crippen molar-refractivity contribution in [3.63, 3.8) is 0 Å². The van der Waals surface area contributed by atoms with Crippen molar-refractivity contribution < 1.29 is 0 Å². The van der Waals surface area contributed by atoms with Crippen LogP contribution in [0, 0.1) is 12.3 Å². The molecule has 3 heterocycles. The second-order valence-corrected chi connectivity index (χ2v) is 6.45. The molecule has 21 heavy (non-hydrogen) atoms. The second-order valence-electron chi connectivity index (χ2n) is 6.45. The predicted molar refractivity (Wildman–Crippen MR) is 80.9 cm³/mol. The summed E-state index contributed by atoms with van der Waals surface area (Å²) >= 11 is 0. The minimum absolute atomic E-state index is 0.323. The van der Waals surface area contributed by atoms with E-state index in [1.807, 2.05) is 6.92 Å². The summed E-state index contributed by atoms with van der Waals surface area (Å²) in [5.74, 6) is 2.34. The number of H-pyrrole nitrogens is 1. The Balaban J connectivity index is 1.55. The Kier molecular flexibility index (Phi) is 3.05. The lowest BCUT2D eigenvalue weighted by Gasteiger charge is -2.42. The molecule has 2 N–H and O–H groups in total. The molecule has 0 aliphatic carbocycles. The quantitative estimate of drug-likeness (QED) is 0.891. The van der Waals surface area contributed by atoms with Gasteiger partial charge in [-0.1, -0.05) is 30.3 Å². The van der Waals surface area contributed by atoms with E-state index in [9.17, 15) is 0 Å². The third kappa shape index (κ3) is 2.26. The van der Waals surface area contributed by atoms with Gasteiger partial charge in [0, 0.05) is 44.1 Å². The first-order valence-corrected chi connectivity index (χ1v) is 7.61. The lowest BCUT2D eigenvalue weighted by atomic mass is 9.73. The van der Waals surface area contributed by atoms with Crippen LogP contribution in [0.5, 0.6) is 0 Å². The molecule has 0 saturated carbocycles. The van der Waals surface area contributed by atoms with Crippen LogP contribution in [0.25, 0.3) is 0 Å². The predicted octanol–water partition coefficient (Wildman–Crippen LogP) is 1.30. The fourth-order valence-corrected chi connectivity index (χ4v) is 3.71. The SMILES string of the molecule is Cc1nc(C2CN(Cc3ccccc3)CC23CNC3)n[nH]1. The number of nitrogens with one attached hydrogen (secondary N) is 2. The number of rotatable bonds is 3. The first kappa shape index (κ1) is 13.0. The van der Waals surface area contributed by atoms with E-state index in [1.54, 1.807) is 0 Å². The van der Waals surface area contributed by atoms with E-state index < -0.39 is 0 Å². The van der Waals surface area contributed by atoms with E-state index in [0.717, 1.165) is 44.4 Å². The summed E-state index contributed by atoms with van der Waals surface area (Å²) in [4.78, 5) is 7.14. The Labute approximate surface area is 124 Å². The average molecular weight is 283 g/mol. The highest BCUT2D eigenvalue weighted by atomic mass is 15.3. The molecule has 4 rings (SSSR count). The molecule has 1 unspecified atom stereocenters. The molecule has 2 fully saturated rings. The molecule has 0 radical (unpaired) electrons. The van der Waals surface area contributed by atoms with Crippen LogP contribution in [0.4, 0.5) is 0 Å². The van der Waals surface area contributed by atoms with Crippen LogP contribution < -0.4 is 5.32 Å². The number of nitrogens with zero attached hydrogens (tertiary/aromatic N) is 3. The maximum Gasteiger partial charge on any atom is 0.155 e. The number of hydrogen-bond acceptors (Lipinski definition) is 4. The van der Waals surface area contributed by atoms with Crippen LogP contribution in [0.2, 0.25) is 0 Å². The number of benzene rings is 1. The van der Waals surface area contributed by atoms with E-state index in [0.29, 0.717) is 11.3 Å². The normalized spacial score (nSPS) is 24.3. The highest BCUT2D eigenvalue weighted by molar-refractivity contribution is 5.19. The molecule has 1 aromatic heterocycles. The fourth-order valence-electron chi connectivity index (χ4n) is 3.71. The van der Waals surface area contributed by atoms with Crippen LogP contribution in [-0.2, 0) is 6.54 Å². The number of likely N-dealkylation sites (tertiary alicyclic amines) is 1. The lowest BCUT2D eigenvalue weighted by molar-refractivity contribution is 0.148. The van der Waals surface area contributed by atoms with Crippen LogP contribution in [0.3, 0.4) is 0 Å². The van der Waals surface area contributed by atoms with E-state index in [4.69, 9.17) is 0 Å². The van der Waals surface area contributed by atoms with Gasteiger partial charge in [0.25, 0.3) is 0 Å². The first-order chi connectivity index (χ1) is 10.3. The number of aromatic nitrogens is 3. The largest absolute Gasteiger partial charge is 0.315 e. The van der Waals surface area contributed by atoms with E-state index in [2.05, 4.69) is 55.7 Å². The first-order valence-electron chi connectivity index (χ1n) is 7.61. The van der Waals surface area contributed by atoms with E-state index in [-0.39, 0.29) is 0 Å². The Hall–Kier alpha value is -1.72. The van der Waals surface area contributed by atoms with Gasteiger partial charge in [0.2, 0.25) is 0 Å². The third-order valence-corrected chi connectivity index (χ3v) is 4.85. The van der Waals surface area contributed by atoms with E-state index >= 15 is 0 Å². The molecule has 5 nitrogen and oxygen atoms in total. The smallest absolute Gasteiger partial charge is 0.155 e. The minimum Gasteiger partial charge on any atom is -0.315 e. The summed E-state index contributed by atoms with van der Waals surface area (Å²) in [6.45, 7) is 7.33. The van der Waals surface area contributed by atoms with Gasteiger partial charge in [-0.3, -0.25) is 10.00 Å². The highest BCUT2D eigenvalue weighted by Crippen LogP contribution is 2.44. The fraction of sp³-hybridized carbons (Fsp3) is 0.500.